The molecule has 1 saturated carbocycles. The average molecular weight is 326 g/mol. The Bertz CT molecular complexity index is 428. The van der Waals surface area contributed by atoms with E-state index in [4.69, 9.17) is 9.47 Å². The first-order valence-corrected chi connectivity index (χ1v) is 7.87. The second-order valence-electron chi connectivity index (χ2n) is 5.35. The molecule has 3 rings (SSSR count). The average Bonchev–Trinajstić information content (AvgIpc) is 3.10. The number of nitrogens with one attached hydrogen (secondary N) is 1. The lowest BCUT2D eigenvalue weighted by atomic mass is 10.2. The Morgan fingerprint density at radius 1 is 1.32 bits per heavy atom. The van der Waals surface area contributed by atoms with Crippen LogP contribution in [0.15, 0.2) is 22.7 Å². The van der Waals surface area contributed by atoms with Crippen molar-refractivity contribution >= 4 is 15.9 Å². The lowest BCUT2D eigenvalue weighted by Crippen LogP contribution is -2.19. The highest BCUT2D eigenvalue weighted by Crippen LogP contribution is 2.26. The maximum absolute atomic E-state index is 5.94. The summed E-state index contributed by atoms with van der Waals surface area (Å²) >= 11 is 3.53. The molecule has 19 heavy (non-hydrogen) atoms. The van der Waals surface area contributed by atoms with E-state index in [-0.39, 0.29) is 6.10 Å². The van der Waals surface area contributed by atoms with Gasteiger partial charge in [0.1, 0.15) is 12.4 Å². The highest BCUT2D eigenvalue weighted by atomic mass is 79.9. The first-order chi connectivity index (χ1) is 9.31. The predicted molar refractivity (Wildman–Crippen MR) is 78.5 cm³/mol. The van der Waals surface area contributed by atoms with Crippen molar-refractivity contribution in [1.82, 2.24) is 5.32 Å². The highest BCUT2D eigenvalue weighted by Gasteiger charge is 2.21. The van der Waals surface area contributed by atoms with E-state index in [0.717, 1.165) is 36.2 Å². The lowest BCUT2D eigenvalue weighted by Gasteiger charge is -2.15. The fraction of sp³-hybridized carbons (Fsp3) is 0.600. The molecule has 2 aliphatic rings. The quantitative estimate of drug-likeness (QED) is 0.870. The molecule has 1 aliphatic heterocycles. The van der Waals surface area contributed by atoms with Gasteiger partial charge in [-0.1, -0.05) is 15.9 Å². The second kappa shape index (κ2) is 6.25. The van der Waals surface area contributed by atoms with Crippen LogP contribution in [0.1, 0.15) is 31.2 Å². The third-order valence-corrected chi connectivity index (χ3v) is 4.12. The van der Waals surface area contributed by atoms with Crippen LogP contribution in [-0.2, 0) is 11.3 Å². The van der Waals surface area contributed by atoms with Gasteiger partial charge in [-0.25, -0.2) is 0 Å². The van der Waals surface area contributed by atoms with Crippen molar-refractivity contribution in [3.8, 4) is 5.75 Å². The molecule has 2 fully saturated rings. The molecule has 1 unspecified atom stereocenters. The van der Waals surface area contributed by atoms with Crippen LogP contribution in [0.25, 0.3) is 0 Å². The molecule has 1 atom stereocenters. The number of benzene rings is 1. The first-order valence-electron chi connectivity index (χ1n) is 7.07. The van der Waals surface area contributed by atoms with E-state index >= 15 is 0 Å². The normalized spacial score (nSPS) is 22.7. The molecule has 1 aliphatic carbocycles. The first kappa shape index (κ1) is 13.4. The van der Waals surface area contributed by atoms with Crippen LogP contribution in [0.3, 0.4) is 0 Å². The maximum Gasteiger partial charge on any atom is 0.124 e. The third-order valence-electron chi connectivity index (χ3n) is 3.63. The predicted octanol–water partition coefficient (Wildman–Crippen LogP) is 3.26. The molecule has 0 amide bonds. The van der Waals surface area contributed by atoms with Crippen molar-refractivity contribution in [3.05, 3.63) is 28.2 Å². The van der Waals surface area contributed by atoms with Gasteiger partial charge in [0.2, 0.25) is 0 Å². The summed E-state index contributed by atoms with van der Waals surface area (Å²) in [5, 5.41) is 3.54. The van der Waals surface area contributed by atoms with Gasteiger partial charge < -0.3 is 14.8 Å². The molecule has 0 radical (unpaired) electrons. The summed E-state index contributed by atoms with van der Waals surface area (Å²) < 4.78 is 12.6. The molecule has 3 nitrogen and oxygen atoms in total. The largest absolute Gasteiger partial charge is 0.491 e. The smallest absolute Gasteiger partial charge is 0.124 e. The van der Waals surface area contributed by atoms with Crippen LogP contribution in [0.5, 0.6) is 5.75 Å². The van der Waals surface area contributed by atoms with E-state index in [1.165, 1.54) is 18.4 Å². The van der Waals surface area contributed by atoms with E-state index in [9.17, 15) is 0 Å². The highest BCUT2D eigenvalue weighted by molar-refractivity contribution is 9.10. The molecule has 104 valence electrons. The molecule has 1 aromatic rings. The van der Waals surface area contributed by atoms with Crippen molar-refractivity contribution in [2.45, 2.75) is 44.4 Å². The number of hydrogen-bond donors (Lipinski definition) is 1. The van der Waals surface area contributed by atoms with Crippen molar-refractivity contribution in [3.63, 3.8) is 0 Å². The molecule has 1 N–H and O–H groups in total. The topological polar surface area (TPSA) is 30.5 Å². The zero-order valence-corrected chi connectivity index (χ0v) is 12.6. The number of halogens is 1. The molecule has 0 spiro atoms. The van der Waals surface area contributed by atoms with Crippen LogP contribution >= 0.6 is 15.9 Å². The van der Waals surface area contributed by atoms with Gasteiger partial charge in [0, 0.05) is 29.2 Å². The zero-order valence-electron chi connectivity index (χ0n) is 11.0. The van der Waals surface area contributed by atoms with Crippen LogP contribution in [0.2, 0.25) is 0 Å². The summed E-state index contributed by atoms with van der Waals surface area (Å²) in [4.78, 5) is 0. The van der Waals surface area contributed by atoms with Gasteiger partial charge >= 0.3 is 0 Å². The lowest BCUT2D eigenvalue weighted by molar-refractivity contribution is 0.0676. The minimum absolute atomic E-state index is 0.271. The van der Waals surface area contributed by atoms with Gasteiger partial charge in [-0.15, -0.1) is 0 Å². The fourth-order valence-electron chi connectivity index (χ4n) is 2.33. The second-order valence-corrected chi connectivity index (χ2v) is 6.27. The van der Waals surface area contributed by atoms with Crippen molar-refractivity contribution < 1.29 is 9.47 Å². The van der Waals surface area contributed by atoms with Crippen molar-refractivity contribution in [1.29, 1.82) is 0 Å². The number of hydrogen-bond acceptors (Lipinski definition) is 3. The monoisotopic (exact) mass is 325 g/mol. The van der Waals surface area contributed by atoms with E-state index in [0.29, 0.717) is 12.6 Å². The minimum atomic E-state index is 0.271. The van der Waals surface area contributed by atoms with Gasteiger partial charge in [0.05, 0.1) is 6.10 Å². The number of ether oxygens (including phenoxy) is 2. The van der Waals surface area contributed by atoms with Crippen LogP contribution in [0, 0.1) is 0 Å². The Morgan fingerprint density at radius 3 is 2.95 bits per heavy atom. The Balaban J connectivity index is 1.60. The van der Waals surface area contributed by atoms with Gasteiger partial charge in [0.15, 0.2) is 0 Å². The summed E-state index contributed by atoms with van der Waals surface area (Å²) in [5.41, 5.74) is 1.22. The minimum Gasteiger partial charge on any atom is -0.491 e. The molecule has 0 bridgehead atoms. The van der Waals surface area contributed by atoms with Crippen LogP contribution < -0.4 is 10.1 Å². The number of rotatable bonds is 6. The zero-order chi connectivity index (χ0) is 13.1. The van der Waals surface area contributed by atoms with E-state index in [2.05, 4.69) is 27.3 Å². The molecule has 4 heteroatoms. The summed E-state index contributed by atoms with van der Waals surface area (Å²) in [6.07, 6.45) is 5.16. The van der Waals surface area contributed by atoms with Crippen molar-refractivity contribution in [2.24, 2.45) is 0 Å². The maximum atomic E-state index is 5.94. The van der Waals surface area contributed by atoms with Crippen molar-refractivity contribution in [2.75, 3.05) is 13.2 Å². The molecule has 0 aromatic heterocycles. The van der Waals surface area contributed by atoms with Crippen LogP contribution in [0.4, 0.5) is 0 Å². The molecule has 1 heterocycles. The molecule has 1 aromatic carbocycles. The molecule has 1 saturated heterocycles. The Morgan fingerprint density at radius 2 is 2.21 bits per heavy atom. The van der Waals surface area contributed by atoms with Gasteiger partial charge in [-0.05, 0) is 43.9 Å². The standard InChI is InChI=1S/C15H20BrNO2/c16-12-3-6-15(19-10-14-2-1-7-18-14)11(8-12)9-17-13-4-5-13/h3,6,8,13-14,17H,1-2,4-5,7,9-10H2. The molecular weight excluding hydrogens is 306 g/mol. The Hall–Kier alpha value is -0.580. The van der Waals surface area contributed by atoms with Gasteiger partial charge in [-0.2, -0.15) is 0 Å². The van der Waals surface area contributed by atoms with Gasteiger partial charge in [-0.3, -0.25) is 0 Å². The fourth-order valence-corrected chi connectivity index (χ4v) is 2.74. The molecular formula is C15H20BrNO2. The summed E-state index contributed by atoms with van der Waals surface area (Å²) in [7, 11) is 0. The Kier molecular flexibility index (Phi) is 4.41. The summed E-state index contributed by atoms with van der Waals surface area (Å²) in [5.74, 6) is 0.979. The van der Waals surface area contributed by atoms with E-state index < -0.39 is 0 Å². The van der Waals surface area contributed by atoms with Gasteiger partial charge in [0.25, 0.3) is 0 Å². The Labute approximate surface area is 122 Å². The summed E-state index contributed by atoms with van der Waals surface area (Å²) in [6.45, 7) is 2.42. The van der Waals surface area contributed by atoms with E-state index in [1.807, 2.05) is 12.1 Å². The van der Waals surface area contributed by atoms with E-state index in [1.54, 1.807) is 0 Å². The summed E-state index contributed by atoms with van der Waals surface area (Å²) in [6, 6.07) is 6.93. The SMILES string of the molecule is Brc1ccc(OCC2CCCO2)c(CNC2CC2)c1. The third kappa shape index (κ3) is 3.94. The van der Waals surface area contributed by atoms with Crippen LogP contribution in [-0.4, -0.2) is 25.4 Å².